The first kappa shape index (κ1) is 47.8. The summed E-state index contributed by atoms with van der Waals surface area (Å²) < 4.78 is 6.14. The van der Waals surface area contributed by atoms with Crippen molar-refractivity contribution in [3.63, 3.8) is 0 Å². The fraction of sp³-hybridized carbons (Fsp3) is 0.952. The minimum Gasteiger partial charge on any atom is -0.394 e. The molecule has 0 aromatic carbocycles. The van der Waals surface area contributed by atoms with E-state index >= 15 is 0 Å². The summed E-state index contributed by atoms with van der Waals surface area (Å²) in [5, 5.41) is 34.7. The third-order valence-electron chi connectivity index (χ3n) is 10.6. The van der Waals surface area contributed by atoms with Crippen LogP contribution in [0.25, 0.3) is 0 Å². The summed E-state index contributed by atoms with van der Waals surface area (Å²) in [5.41, 5.74) is 6.17. The first-order valence-corrected chi connectivity index (χ1v) is 21.7. The van der Waals surface area contributed by atoms with Gasteiger partial charge in [0.1, 0.15) is 24.4 Å². The Kier molecular flexibility index (Phi) is 29.1. The Hall–Kier alpha value is -1.26. The maximum absolute atomic E-state index is 13.8. The molecule has 0 aliphatic carbocycles. The number of rotatable bonds is 33. The van der Waals surface area contributed by atoms with Crippen molar-refractivity contribution in [2.24, 2.45) is 11.7 Å². The van der Waals surface area contributed by atoms with Crippen LogP contribution in [0.3, 0.4) is 0 Å². The highest BCUT2D eigenvalue weighted by Crippen LogP contribution is 2.26. The van der Waals surface area contributed by atoms with Crippen molar-refractivity contribution in [1.82, 2.24) is 10.2 Å². The molecule has 1 rings (SSSR count). The van der Waals surface area contributed by atoms with E-state index in [4.69, 9.17) is 10.5 Å². The van der Waals surface area contributed by atoms with Gasteiger partial charge in [0.15, 0.2) is 6.23 Å². The minimum atomic E-state index is -1.43. The van der Waals surface area contributed by atoms with E-state index in [0.717, 1.165) is 38.5 Å². The molecule has 9 heteroatoms. The summed E-state index contributed by atoms with van der Waals surface area (Å²) in [6.07, 6.45) is 26.4. The van der Waals surface area contributed by atoms with Crippen molar-refractivity contribution in [2.45, 2.75) is 238 Å². The largest absolute Gasteiger partial charge is 0.394 e. The molecular formula is C42H83N3O6. The number of hydrogen-bond acceptors (Lipinski definition) is 7. The van der Waals surface area contributed by atoms with E-state index in [9.17, 15) is 24.9 Å². The average Bonchev–Trinajstić information content (AvgIpc) is 3.11. The van der Waals surface area contributed by atoms with E-state index in [-0.39, 0.29) is 11.8 Å². The van der Waals surface area contributed by atoms with E-state index in [1.54, 1.807) is 4.90 Å². The molecule has 1 saturated heterocycles. The zero-order chi connectivity index (χ0) is 37.7. The molecule has 0 saturated carbocycles. The second-order valence-corrected chi connectivity index (χ2v) is 16.0. The van der Waals surface area contributed by atoms with E-state index < -0.39 is 49.1 Å². The molecule has 0 unspecified atom stereocenters. The maximum atomic E-state index is 13.8. The van der Waals surface area contributed by atoms with E-state index in [1.165, 1.54) is 122 Å². The van der Waals surface area contributed by atoms with Crippen LogP contribution in [0.1, 0.15) is 201 Å². The normalized spacial score (nSPS) is 21.2. The van der Waals surface area contributed by atoms with Crippen LogP contribution >= 0.6 is 0 Å². The third kappa shape index (κ3) is 21.9. The standard InChI is InChI=1S/C42H83N3O6/c1-5-7-9-11-13-15-16-17-18-19-20-21-23-25-27-29-31-45(37(47)30-28-26-24-22-14-12-10-8-6-2)42-38(40(49)39(48)36(33-46)51-42)44-41(50)35(43)32-34(3)4/h34-36,38-40,42,46,48-49H,5-33,43H2,1-4H3,(H,44,50)/t35-,36+,38+,39-,40+,42+/m0/s1. The summed E-state index contributed by atoms with van der Waals surface area (Å²) in [7, 11) is 0. The van der Waals surface area contributed by atoms with Gasteiger partial charge in [0.05, 0.1) is 12.6 Å². The zero-order valence-electron chi connectivity index (χ0n) is 33.6. The molecule has 1 aliphatic heterocycles. The lowest BCUT2D eigenvalue weighted by Crippen LogP contribution is -2.69. The van der Waals surface area contributed by atoms with Crippen molar-refractivity contribution >= 4 is 11.8 Å². The Balaban J connectivity index is 2.71. The molecule has 2 amide bonds. The lowest BCUT2D eigenvalue weighted by Gasteiger charge is -2.47. The Morgan fingerprint density at radius 2 is 1.08 bits per heavy atom. The van der Waals surface area contributed by atoms with E-state index in [0.29, 0.717) is 19.4 Å². The summed E-state index contributed by atoms with van der Waals surface area (Å²) >= 11 is 0. The van der Waals surface area contributed by atoms with Crippen LogP contribution < -0.4 is 11.1 Å². The van der Waals surface area contributed by atoms with Crippen LogP contribution in [-0.4, -0.2) is 81.8 Å². The zero-order valence-corrected chi connectivity index (χ0v) is 33.6. The van der Waals surface area contributed by atoms with Gasteiger partial charge in [-0.05, 0) is 25.2 Å². The highest BCUT2D eigenvalue weighted by Gasteiger charge is 2.48. The van der Waals surface area contributed by atoms with E-state index in [1.807, 2.05) is 13.8 Å². The van der Waals surface area contributed by atoms with Gasteiger partial charge >= 0.3 is 0 Å². The van der Waals surface area contributed by atoms with Gasteiger partial charge in [-0.3, -0.25) is 9.59 Å². The number of carbonyl (C=O) groups excluding carboxylic acids is 2. The number of amides is 2. The van der Waals surface area contributed by atoms with Gasteiger partial charge in [-0.25, -0.2) is 0 Å². The molecule has 6 atom stereocenters. The van der Waals surface area contributed by atoms with Crippen LogP contribution in [0.4, 0.5) is 0 Å². The molecule has 1 fully saturated rings. The van der Waals surface area contributed by atoms with Gasteiger partial charge in [0.25, 0.3) is 0 Å². The molecule has 0 radical (unpaired) electrons. The second kappa shape index (κ2) is 31.1. The monoisotopic (exact) mass is 726 g/mol. The van der Waals surface area contributed by atoms with Crippen LogP contribution in [-0.2, 0) is 14.3 Å². The SMILES string of the molecule is CCCCCCCCCCCCCCCCCCN(C(=O)CCCCCCCCCCC)[C@@H]1O[C@H](CO)[C@H](O)[C@H](O)[C@H]1NC(=O)[C@@H](N)CC(C)C. The number of ether oxygens (including phenoxy) is 1. The smallest absolute Gasteiger partial charge is 0.237 e. The van der Waals surface area contributed by atoms with Crippen LogP contribution in [0.5, 0.6) is 0 Å². The summed E-state index contributed by atoms with van der Waals surface area (Å²) in [5.74, 6) is -0.345. The van der Waals surface area contributed by atoms with Gasteiger partial charge in [-0.1, -0.05) is 175 Å². The van der Waals surface area contributed by atoms with Crippen LogP contribution in [0.15, 0.2) is 0 Å². The number of unbranched alkanes of at least 4 members (excludes halogenated alkanes) is 23. The quantitative estimate of drug-likeness (QED) is 0.0428. The molecule has 1 heterocycles. The van der Waals surface area contributed by atoms with Gasteiger partial charge in [-0.2, -0.15) is 0 Å². The van der Waals surface area contributed by atoms with Crippen molar-refractivity contribution in [3.05, 3.63) is 0 Å². The van der Waals surface area contributed by atoms with Crippen LogP contribution in [0, 0.1) is 5.92 Å². The number of aliphatic hydroxyl groups excluding tert-OH is 3. The molecule has 51 heavy (non-hydrogen) atoms. The van der Waals surface area contributed by atoms with Gasteiger partial charge < -0.3 is 36.0 Å². The lowest BCUT2D eigenvalue weighted by molar-refractivity contribution is -0.231. The van der Waals surface area contributed by atoms with Gasteiger partial charge in [0, 0.05) is 13.0 Å². The molecule has 1 aliphatic rings. The first-order chi connectivity index (χ1) is 24.7. The molecule has 302 valence electrons. The number of nitrogens with two attached hydrogens (primary N) is 1. The number of nitrogens with zero attached hydrogens (tertiary/aromatic N) is 1. The Morgan fingerprint density at radius 3 is 1.49 bits per heavy atom. The Labute approximate surface area is 313 Å². The summed E-state index contributed by atoms with van der Waals surface area (Å²) in [4.78, 5) is 28.6. The Bertz CT molecular complexity index is 845. The second-order valence-electron chi connectivity index (χ2n) is 16.0. The van der Waals surface area contributed by atoms with Crippen molar-refractivity contribution < 1.29 is 29.6 Å². The van der Waals surface area contributed by atoms with Crippen LogP contribution in [0.2, 0.25) is 0 Å². The summed E-state index contributed by atoms with van der Waals surface area (Å²) in [6, 6.07) is -1.86. The number of hydrogen-bond donors (Lipinski definition) is 5. The molecule has 9 nitrogen and oxygen atoms in total. The molecular weight excluding hydrogens is 642 g/mol. The fourth-order valence-electron chi connectivity index (χ4n) is 7.36. The van der Waals surface area contributed by atoms with Crippen molar-refractivity contribution in [2.75, 3.05) is 13.2 Å². The number of aliphatic hydroxyl groups is 3. The Morgan fingerprint density at radius 1 is 0.667 bits per heavy atom. The highest BCUT2D eigenvalue weighted by atomic mass is 16.5. The molecule has 0 aromatic rings. The molecule has 0 bridgehead atoms. The highest BCUT2D eigenvalue weighted by molar-refractivity contribution is 5.82. The van der Waals surface area contributed by atoms with Gasteiger partial charge in [0.2, 0.25) is 11.8 Å². The van der Waals surface area contributed by atoms with Crippen molar-refractivity contribution in [1.29, 1.82) is 0 Å². The third-order valence-corrected chi connectivity index (χ3v) is 10.6. The predicted molar refractivity (Wildman–Crippen MR) is 210 cm³/mol. The maximum Gasteiger partial charge on any atom is 0.237 e. The lowest BCUT2D eigenvalue weighted by atomic mass is 9.94. The van der Waals surface area contributed by atoms with Gasteiger partial charge in [-0.15, -0.1) is 0 Å². The first-order valence-electron chi connectivity index (χ1n) is 21.7. The topological polar surface area (TPSA) is 145 Å². The van der Waals surface area contributed by atoms with E-state index in [2.05, 4.69) is 19.2 Å². The predicted octanol–water partition coefficient (Wildman–Crippen LogP) is 8.29. The fourth-order valence-corrected chi connectivity index (χ4v) is 7.36. The molecule has 0 spiro atoms. The minimum absolute atomic E-state index is 0.0880. The number of nitrogens with one attached hydrogen (secondary N) is 1. The molecule has 6 N–H and O–H groups in total. The summed E-state index contributed by atoms with van der Waals surface area (Å²) in [6.45, 7) is 8.36. The number of carbonyl (C=O) groups is 2. The average molecular weight is 726 g/mol. The molecule has 0 aromatic heterocycles. The van der Waals surface area contributed by atoms with Crippen molar-refractivity contribution in [3.8, 4) is 0 Å².